The van der Waals surface area contributed by atoms with Gasteiger partial charge in [-0.05, 0) is 78.3 Å². The van der Waals surface area contributed by atoms with E-state index in [0.29, 0.717) is 23.8 Å². The Morgan fingerprint density at radius 1 is 0.974 bits per heavy atom. The highest BCUT2D eigenvalue weighted by Gasteiger charge is 2.30. The molecule has 4 rings (SSSR count). The Bertz CT molecular complexity index is 1200. The van der Waals surface area contributed by atoms with Crippen molar-refractivity contribution in [3.63, 3.8) is 0 Å². The van der Waals surface area contributed by atoms with Crippen LogP contribution in [0, 0.1) is 5.92 Å². The predicted octanol–water partition coefficient (Wildman–Crippen LogP) is 7.19. The SMILES string of the molecule is CC(C)CCNC(=O)c1cccc(OC2CCN(Cc3cccc(-c4ccc(C(F)(F)F)cc4)c3)CC2)c1. The molecular weight excluding hydrogens is 489 g/mol. The summed E-state index contributed by atoms with van der Waals surface area (Å²) in [6.45, 7) is 7.45. The van der Waals surface area contributed by atoms with Crippen LogP contribution < -0.4 is 10.1 Å². The molecule has 0 atom stereocenters. The van der Waals surface area contributed by atoms with Gasteiger partial charge in [0.2, 0.25) is 0 Å². The van der Waals surface area contributed by atoms with Gasteiger partial charge in [0.05, 0.1) is 5.56 Å². The van der Waals surface area contributed by atoms with Crippen LogP contribution in [-0.4, -0.2) is 36.5 Å². The lowest BCUT2D eigenvalue weighted by molar-refractivity contribution is -0.137. The molecule has 0 unspecified atom stereocenters. The first kappa shape index (κ1) is 27.7. The predicted molar refractivity (Wildman–Crippen MR) is 144 cm³/mol. The zero-order valence-electron chi connectivity index (χ0n) is 21.9. The first-order valence-electron chi connectivity index (χ1n) is 13.2. The third-order valence-corrected chi connectivity index (χ3v) is 6.82. The van der Waals surface area contributed by atoms with E-state index in [4.69, 9.17) is 4.74 Å². The summed E-state index contributed by atoms with van der Waals surface area (Å²) in [7, 11) is 0. The molecule has 4 nitrogen and oxygen atoms in total. The Kier molecular flexibility index (Phi) is 9.10. The second-order valence-corrected chi connectivity index (χ2v) is 10.3. The first-order valence-corrected chi connectivity index (χ1v) is 13.2. The van der Waals surface area contributed by atoms with Crippen LogP contribution in [0.1, 0.15) is 54.6 Å². The van der Waals surface area contributed by atoms with Crippen LogP contribution in [0.15, 0.2) is 72.8 Å². The van der Waals surface area contributed by atoms with Crippen molar-refractivity contribution >= 4 is 5.91 Å². The Morgan fingerprint density at radius 3 is 2.37 bits per heavy atom. The van der Waals surface area contributed by atoms with Gasteiger partial charge in [-0.2, -0.15) is 13.2 Å². The summed E-state index contributed by atoms with van der Waals surface area (Å²) in [4.78, 5) is 14.8. The molecular formula is C31H35F3N2O2. The number of nitrogens with one attached hydrogen (secondary N) is 1. The number of rotatable bonds is 9. The third kappa shape index (κ3) is 7.84. The summed E-state index contributed by atoms with van der Waals surface area (Å²) in [6, 6.07) is 20.6. The molecule has 0 spiro atoms. The first-order chi connectivity index (χ1) is 18.2. The standard InChI is InChI=1S/C31H35F3N2O2/c1-22(2)13-16-35-30(37)26-7-4-8-29(20-26)38-28-14-17-36(18-15-28)21-23-5-3-6-25(19-23)24-9-11-27(12-10-24)31(32,33)34/h3-12,19-20,22,28H,13-18,21H2,1-2H3,(H,35,37). The van der Waals surface area contributed by atoms with Crippen LogP contribution in [0.25, 0.3) is 11.1 Å². The summed E-state index contributed by atoms with van der Waals surface area (Å²) in [5.74, 6) is 1.17. The molecule has 1 aliphatic rings. The monoisotopic (exact) mass is 524 g/mol. The van der Waals surface area contributed by atoms with Crippen molar-refractivity contribution in [1.29, 1.82) is 0 Å². The fraction of sp³-hybridized carbons (Fsp3) is 0.387. The van der Waals surface area contributed by atoms with E-state index in [9.17, 15) is 18.0 Å². The number of piperidine rings is 1. The van der Waals surface area contributed by atoms with Crippen LogP contribution in [-0.2, 0) is 12.7 Å². The van der Waals surface area contributed by atoms with Gasteiger partial charge in [0.1, 0.15) is 11.9 Å². The van der Waals surface area contributed by atoms with E-state index in [1.54, 1.807) is 6.07 Å². The zero-order chi connectivity index (χ0) is 27.1. The number of carbonyl (C=O) groups excluding carboxylic acids is 1. The molecule has 0 aliphatic carbocycles. The number of likely N-dealkylation sites (tertiary alicyclic amines) is 1. The van der Waals surface area contributed by atoms with Gasteiger partial charge in [0, 0.05) is 31.7 Å². The molecule has 1 saturated heterocycles. The van der Waals surface area contributed by atoms with Crippen LogP contribution in [0.5, 0.6) is 5.75 Å². The molecule has 7 heteroatoms. The van der Waals surface area contributed by atoms with Crippen molar-refractivity contribution in [3.05, 3.63) is 89.5 Å². The van der Waals surface area contributed by atoms with Gasteiger partial charge in [0.15, 0.2) is 0 Å². The minimum Gasteiger partial charge on any atom is -0.490 e. The van der Waals surface area contributed by atoms with Crippen molar-refractivity contribution in [2.45, 2.75) is 51.9 Å². The Labute approximate surface area is 222 Å². The molecule has 3 aromatic rings. The number of benzene rings is 3. The van der Waals surface area contributed by atoms with E-state index >= 15 is 0 Å². The Morgan fingerprint density at radius 2 is 1.68 bits per heavy atom. The lowest BCUT2D eigenvalue weighted by Gasteiger charge is -2.32. The van der Waals surface area contributed by atoms with Gasteiger partial charge in [0.25, 0.3) is 5.91 Å². The van der Waals surface area contributed by atoms with Crippen molar-refractivity contribution in [3.8, 4) is 16.9 Å². The highest BCUT2D eigenvalue weighted by molar-refractivity contribution is 5.94. The van der Waals surface area contributed by atoms with Crippen molar-refractivity contribution in [2.24, 2.45) is 5.92 Å². The molecule has 0 radical (unpaired) electrons. The second kappa shape index (κ2) is 12.5. The number of alkyl halides is 3. The maximum absolute atomic E-state index is 12.9. The molecule has 0 bridgehead atoms. The topological polar surface area (TPSA) is 41.6 Å². The zero-order valence-corrected chi connectivity index (χ0v) is 21.9. The summed E-state index contributed by atoms with van der Waals surface area (Å²) in [5, 5.41) is 2.97. The Balaban J connectivity index is 1.28. The van der Waals surface area contributed by atoms with Gasteiger partial charge in [-0.1, -0.05) is 50.2 Å². The molecule has 1 heterocycles. The largest absolute Gasteiger partial charge is 0.490 e. The molecule has 0 aromatic heterocycles. The lowest BCUT2D eigenvalue weighted by atomic mass is 10.0. The van der Waals surface area contributed by atoms with Crippen molar-refractivity contribution in [1.82, 2.24) is 10.2 Å². The van der Waals surface area contributed by atoms with E-state index in [-0.39, 0.29) is 12.0 Å². The van der Waals surface area contributed by atoms with Gasteiger partial charge in [-0.25, -0.2) is 0 Å². The maximum atomic E-state index is 12.9. The van der Waals surface area contributed by atoms with E-state index in [2.05, 4.69) is 24.1 Å². The highest BCUT2D eigenvalue weighted by atomic mass is 19.4. The summed E-state index contributed by atoms with van der Waals surface area (Å²) in [5.41, 5.74) is 2.76. The molecule has 1 N–H and O–H groups in total. The number of carbonyl (C=O) groups is 1. The van der Waals surface area contributed by atoms with Crippen molar-refractivity contribution < 1.29 is 22.7 Å². The molecule has 1 amide bonds. The van der Waals surface area contributed by atoms with Gasteiger partial charge < -0.3 is 10.1 Å². The van der Waals surface area contributed by atoms with E-state index in [1.165, 1.54) is 12.1 Å². The summed E-state index contributed by atoms with van der Waals surface area (Å²) >= 11 is 0. The fourth-order valence-electron chi connectivity index (χ4n) is 4.62. The minimum absolute atomic E-state index is 0.0792. The van der Waals surface area contributed by atoms with Crippen molar-refractivity contribution in [2.75, 3.05) is 19.6 Å². The van der Waals surface area contributed by atoms with E-state index < -0.39 is 11.7 Å². The normalized spacial score (nSPS) is 15.0. The molecule has 1 fully saturated rings. The minimum atomic E-state index is -4.33. The molecule has 0 saturated carbocycles. The average molecular weight is 525 g/mol. The van der Waals surface area contributed by atoms with Crippen LogP contribution >= 0.6 is 0 Å². The smallest absolute Gasteiger partial charge is 0.416 e. The molecule has 38 heavy (non-hydrogen) atoms. The summed E-state index contributed by atoms with van der Waals surface area (Å²) < 4.78 is 44.8. The molecule has 3 aromatic carbocycles. The quantitative estimate of drug-likeness (QED) is 0.322. The fourth-order valence-corrected chi connectivity index (χ4v) is 4.62. The van der Waals surface area contributed by atoms with Gasteiger partial charge in [-0.3, -0.25) is 9.69 Å². The number of hydrogen-bond acceptors (Lipinski definition) is 3. The number of hydrogen-bond donors (Lipinski definition) is 1. The number of amides is 1. The Hall–Kier alpha value is -3.32. The number of halogens is 3. The van der Waals surface area contributed by atoms with E-state index in [1.807, 2.05) is 42.5 Å². The molecule has 202 valence electrons. The van der Waals surface area contributed by atoms with Crippen LogP contribution in [0.2, 0.25) is 0 Å². The van der Waals surface area contributed by atoms with Gasteiger partial charge >= 0.3 is 6.18 Å². The summed E-state index contributed by atoms with van der Waals surface area (Å²) in [6.07, 6.45) is -1.54. The third-order valence-electron chi connectivity index (χ3n) is 6.82. The maximum Gasteiger partial charge on any atom is 0.416 e. The highest BCUT2D eigenvalue weighted by Crippen LogP contribution is 2.31. The van der Waals surface area contributed by atoms with Crippen LogP contribution in [0.3, 0.4) is 0 Å². The number of ether oxygens (including phenoxy) is 1. The van der Waals surface area contributed by atoms with Gasteiger partial charge in [-0.15, -0.1) is 0 Å². The molecule has 1 aliphatic heterocycles. The lowest BCUT2D eigenvalue weighted by Crippen LogP contribution is -2.37. The number of nitrogens with zero attached hydrogens (tertiary/aromatic N) is 1. The van der Waals surface area contributed by atoms with Crippen LogP contribution in [0.4, 0.5) is 13.2 Å². The van der Waals surface area contributed by atoms with E-state index in [0.717, 1.165) is 67.7 Å². The average Bonchev–Trinajstić information content (AvgIpc) is 2.89. The second-order valence-electron chi connectivity index (χ2n) is 10.3.